The number of ether oxygens (including phenoxy) is 6. The molecule has 0 aromatic heterocycles. The molecule has 18 nitrogen and oxygen atoms in total. The Morgan fingerprint density at radius 1 is 0.243 bits per heavy atom. The second-order valence-corrected chi connectivity index (χ2v) is 31.3. The zero-order valence-corrected chi connectivity index (χ0v) is 94.1. The van der Waals surface area contributed by atoms with Gasteiger partial charge in [-0.1, -0.05) is 319 Å². The van der Waals surface area contributed by atoms with Gasteiger partial charge in [0.2, 0.25) is 35.4 Å². The quantitative estimate of drug-likeness (QED) is 0.0489. The summed E-state index contributed by atoms with van der Waals surface area (Å²) >= 11 is 0. The summed E-state index contributed by atoms with van der Waals surface area (Å²) in [6, 6.07) is 112. The summed E-state index contributed by atoms with van der Waals surface area (Å²) in [6.07, 6.45) is 4.56. The van der Waals surface area contributed by atoms with E-state index in [1.807, 2.05) is 208 Å². The summed E-state index contributed by atoms with van der Waals surface area (Å²) in [4.78, 5) is 66.1. The second kappa shape index (κ2) is 100. The van der Waals surface area contributed by atoms with Crippen LogP contribution in [0.25, 0.3) is 22.3 Å². The first-order valence-electron chi connectivity index (χ1n) is 50.2. The van der Waals surface area contributed by atoms with Gasteiger partial charge in [-0.2, -0.15) is 0 Å². The number of benzene rings is 12. The van der Waals surface area contributed by atoms with Gasteiger partial charge in [0.15, 0.2) is 0 Å². The number of hydrogen-bond donors (Lipinski definition) is 3. The number of hydrogen-bond acceptors (Lipinski definition) is 12. The van der Waals surface area contributed by atoms with Gasteiger partial charge in [0, 0.05) is 195 Å². The monoisotopic (exact) mass is 2020 g/mol. The third kappa shape index (κ3) is 85.2. The molecule has 6 amide bonds. The molecule has 0 aliphatic rings. The standard InChI is InChI=1S/2C13H12.2C12H10.3C11H16O2.C7H8.2C6H13NO.C5H11NO.2C4H9NO.C3H7NO.2C3H8.2Ar/c2*1-3-7-12(8-4-1)11-13-9-5-2-6-10-13;2*1-3-7-11(8-4-1)12-9-5-2-6-10-12;3*1-4-12-10-6-9(3)7-11(8-10)13-5-2;1-7-5-3-2-4-6-7;2*1-4-7(5-2)6(3)8;1-4-6(3)5(2)7;2*1-3-5-4(2)6;1-3(5)4-2;2*1-3-2;;/h2*1-10H,11H2;2*1-10H;3*6-8H,4-5H2,1-3H3;2-6H,1H3;2*4-5H2,1-3H3;4H2,1-3H3;2*3H2,1-2H3,(H,5,6);1-2H3,(H,4,5);2*3H2,1-2H3;;. The molecule has 0 heterocycles. The van der Waals surface area contributed by atoms with Gasteiger partial charge in [0.25, 0.3) is 0 Å². The maximum absolute atomic E-state index is 10.5. The van der Waals surface area contributed by atoms with Gasteiger partial charge in [-0.05, 0) is 228 Å². The molecule has 12 aromatic carbocycles. The summed E-state index contributed by atoms with van der Waals surface area (Å²) in [5.74, 6) is 5.82. The molecule has 0 atom stereocenters. The maximum Gasteiger partial charge on any atom is 0.219 e. The van der Waals surface area contributed by atoms with Crippen LogP contribution in [0.4, 0.5) is 0 Å². The van der Waals surface area contributed by atoms with E-state index in [0.717, 1.165) is 110 Å². The number of carbonyl (C=O) groups is 6. The van der Waals surface area contributed by atoms with Gasteiger partial charge >= 0.3 is 0 Å². The second-order valence-electron chi connectivity index (χ2n) is 31.3. The van der Waals surface area contributed by atoms with E-state index >= 15 is 0 Å². The van der Waals surface area contributed by atoms with Crippen LogP contribution in [0.5, 0.6) is 34.5 Å². The minimum Gasteiger partial charge on any atom is -0.494 e. The Labute approximate surface area is 931 Å². The summed E-state index contributed by atoms with van der Waals surface area (Å²) in [7, 11) is 3.38. The molecule has 12 rings (SSSR count). The fraction of sp³-hybridized carbons (Fsp3) is 0.371. The van der Waals surface area contributed by atoms with E-state index in [9.17, 15) is 28.8 Å². The average molecular weight is 2020 g/mol. The van der Waals surface area contributed by atoms with Crippen LogP contribution in [0.2, 0.25) is 0 Å². The van der Waals surface area contributed by atoms with Gasteiger partial charge in [0.1, 0.15) is 34.5 Å². The zero-order chi connectivity index (χ0) is 107. The summed E-state index contributed by atoms with van der Waals surface area (Å²) in [6.45, 7) is 61.1. The van der Waals surface area contributed by atoms with E-state index in [4.69, 9.17) is 28.4 Å². The van der Waals surface area contributed by atoms with Crippen molar-refractivity contribution in [1.82, 2.24) is 30.7 Å². The van der Waals surface area contributed by atoms with Crippen molar-refractivity contribution in [1.29, 1.82) is 0 Å². The molecule has 0 bridgehead atoms. The molecule has 792 valence electrons. The molecule has 12 aromatic rings. The van der Waals surface area contributed by atoms with Gasteiger partial charge in [0.05, 0.1) is 39.6 Å². The normalized spacial score (nSPS) is 8.98. The third-order valence-electron chi connectivity index (χ3n) is 18.5. The van der Waals surface area contributed by atoms with Gasteiger partial charge in [-0.3, -0.25) is 28.8 Å². The van der Waals surface area contributed by atoms with Crippen molar-refractivity contribution in [2.75, 3.05) is 99.5 Å². The Kier molecular flexibility index (Phi) is 100. The minimum absolute atomic E-state index is 0. The Hall–Kier alpha value is -11.2. The van der Waals surface area contributed by atoms with E-state index in [2.05, 4.69) is 281 Å². The molecule has 0 radical (unpaired) electrons. The van der Waals surface area contributed by atoms with E-state index in [-0.39, 0.29) is 111 Å². The number of aryl methyl sites for hydroxylation is 4. The van der Waals surface area contributed by atoms with Crippen LogP contribution in [0, 0.1) is 103 Å². The van der Waals surface area contributed by atoms with Gasteiger partial charge in [-0.25, -0.2) is 0 Å². The van der Waals surface area contributed by atoms with Crippen molar-refractivity contribution < 1.29 is 133 Å². The SMILES string of the molecule is CCC.CCC.CCN(C)C(C)=O.CCN(CC)C(C)=O.CCN(CC)C(C)=O.CCNC(C)=O.CCNC(C)=O.CCOc1cc(C)cc(OCC)c1.CCOc1cc(C)cc(OCC)c1.CCOc1cc(C)cc(OCC)c1.CNC(C)=O.Cc1ccccc1.[Ar].[Ar].c1ccc(-c2ccccc2)cc1.c1ccc(-c2ccccc2)cc1.c1ccc(Cc2ccccc2)cc1.c1ccc(Cc2ccccc2)cc1. The summed E-state index contributed by atoms with van der Waals surface area (Å²) < 4.78 is 32.4. The molecule has 0 saturated carbocycles. The van der Waals surface area contributed by atoms with Crippen LogP contribution >= 0.6 is 0 Å². The van der Waals surface area contributed by atoms with Gasteiger partial charge < -0.3 is 59.1 Å². The number of rotatable bonds is 25. The molecular formula is C124H178Ar2N6O12. The fourth-order valence-corrected chi connectivity index (χ4v) is 11.6. The minimum atomic E-state index is 0. The molecule has 0 unspecified atom stereocenters. The predicted octanol–water partition coefficient (Wildman–Crippen LogP) is 28.7. The Morgan fingerprint density at radius 2 is 0.417 bits per heavy atom. The smallest absolute Gasteiger partial charge is 0.219 e. The molecule has 0 saturated heterocycles. The van der Waals surface area contributed by atoms with Crippen molar-refractivity contribution in [3.05, 3.63) is 372 Å². The van der Waals surface area contributed by atoms with Crippen LogP contribution in [0.3, 0.4) is 0 Å². The summed E-state index contributed by atoms with van der Waals surface area (Å²) in [5, 5.41) is 7.53. The third-order valence-corrected chi connectivity index (χ3v) is 18.5. The molecule has 0 spiro atoms. The van der Waals surface area contributed by atoms with E-state index in [0.29, 0.717) is 39.6 Å². The molecule has 144 heavy (non-hydrogen) atoms. The fourth-order valence-electron chi connectivity index (χ4n) is 11.6. The van der Waals surface area contributed by atoms with Crippen LogP contribution in [0.15, 0.2) is 328 Å². The Morgan fingerprint density at radius 3 is 0.514 bits per heavy atom. The molecule has 0 aliphatic carbocycles. The van der Waals surface area contributed by atoms with Crippen LogP contribution in [0.1, 0.15) is 217 Å². The zero-order valence-electron chi connectivity index (χ0n) is 92.6. The maximum atomic E-state index is 10.5. The van der Waals surface area contributed by atoms with Crippen molar-refractivity contribution in [2.45, 2.75) is 213 Å². The Balaban J connectivity index is -0.000000357. The number of nitrogens with zero attached hydrogens (tertiary/aromatic N) is 3. The van der Waals surface area contributed by atoms with Crippen molar-refractivity contribution in [2.24, 2.45) is 0 Å². The van der Waals surface area contributed by atoms with Crippen LogP contribution in [-0.4, -0.2) is 150 Å². The van der Waals surface area contributed by atoms with E-state index in [1.54, 1.807) is 49.6 Å². The Bertz CT molecular complexity index is 4420. The van der Waals surface area contributed by atoms with Crippen molar-refractivity contribution >= 4 is 35.4 Å². The van der Waals surface area contributed by atoms with Crippen LogP contribution < -0.4 is 44.4 Å². The van der Waals surface area contributed by atoms with Gasteiger partial charge in [-0.15, -0.1) is 0 Å². The molecule has 20 heteroatoms. The average Bonchev–Trinajstić information content (AvgIpc) is 0.884. The molecule has 0 fully saturated rings. The first-order valence-corrected chi connectivity index (χ1v) is 50.2. The first-order chi connectivity index (χ1) is 68.3. The number of nitrogens with one attached hydrogen (secondary N) is 3. The number of amides is 6. The molecular weight excluding hydrogens is 1850 g/mol. The van der Waals surface area contributed by atoms with Crippen molar-refractivity contribution in [3.8, 4) is 56.8 Å². The molecule has 3 N–H and O–H groups in total. The first kappa shape index (κ1) is 143. The number of carbonyl (C=O) groups excluding carboxylic acids is 6. The topological polar surface area (TPSA) is 204 Å². The summed E-state index contributed by atoms with van der Waals surface area (Å²) in [5.41, 5.74) is 15.4. The van der Waals surface area contributed by atoms with E-state index < -0.39 is 0 Å². The van der Waals surface area contributed by atoms with E-state index in [1.165, 1.54) is 83.7 Å². The van der Waals surface area contributed by atoms with Crippen molar-refractivity contribution in [3.63, 3.8) is 0 Å². The molecule has 0 aliphatic heterocycles. The largest absolute Gasteiger partial charge is 0.494 e. The predicted molar refractivity (Wildman–Crippen MR) is 603 cm³/mol. The van der Waals surface area contributed by atoms with Crippen LogP contribution in [-0.2, 0) is 41.6 Å².